The summed E-state index contributed by atoms with van der Waals surface area (Å²) in [6.45, 7) is 7.03. The molecule has 2 rings (SSSR count). The van der Waals surface area contributed by atoms with Gasteiger partial charge in [-0.25, -0.2) is 4.79 Å². The van der Waals surface area contributed by atoms with Gasteiger partial charge in [0.15, 0.2) is 0 Å². The monoisotopic (exact) mass is 324 g/mol. The summed E-state index contributed by atoms with van der Waals surface area (Å²) in [4.78, 5) is 24.8. The van der Waals surface area contributed by atoms with E-state index in [0.29, 0.717) is 19.0 Å². The van der Waals surface area contributed by atoms with Crippen LogP contribution in [0.2, 0.25) is 0 Å². The molecule has 23 heavy (non-hydrogen) atoms. The Bertz CT molecular complexity index is 475. The summed E-state index contributed by atoms with van der Waals surface area (Å²) < 4.78 is 5.34. The minimum atomic E-state index is -0.843. The number of carbonyl (C=O) groups excluding carboxylic acids is 1. The predicted molar refractivity (Wildman–Crippen MR) is 87.3 cm³/mol. The van der Waals surface area contributed by atoms with E-state index in [0.717, 1.165) is 25.8 Å². The Balaban J connectivity index is 1.88. The first kappa shape index (κ1) is 17.8. The van der Waals surface area contributed by atoms with E-state index in [9.17, 15) is 14.7 Å². The van der Waals surface area contributed by atoms with Crippen LogP contribution in [-0.2, 0) is 9.53 Å². The lowest BCUT2D eigenvalue weighted by Gasteiger charge is -2.50. The van der Waals surface area contributed by atoms with Gasteiger partial charge in [-0.05, 0) is 52.5 Å². The van der Waals surface area contributed by atoms with Gasteiger partial charge in [0, 0.05) is 13.1 Å². The van der Waals surface area contributed by atoms with Crippen molar-refractivity contribution < 1.29 is 19.4 Å². The van der Waals surface area contributed by atoms with Crippen LogP contribution in [0.1, 0.15) is 46.5 Å². The van der Waals surface area contributed by atoms with Crippen LogP contribution in [0.25, 0.3) is 0 Å². The number of rotatable bonds is 5. The van der Waals surface area contributed by atoms with Gasteiger partial charge in [-0.15, -0.1) is 0 Å². The summed E-state index contributed by atoms with van der Waals surface area (Å²) >= 11 is 0. The summed E-state index contributed by atoms with van der Waals surface area (Å²) in [5.74, 6) is -0.300. The van der Waals surface area contributed by atoms with Crippen LogP contribution in [0.4, 0.5) is 4.79 Å². The minimum absolute atomic E-state index is 0.0227. The van der Waals surface area contributed by atoms with Crippen molar-refractivity contribution in [3.63, 3.8) is 0 Å². The van der Waals surface area contributed by atoms with Crippen LogP contribution >= 0.6 is 0 Å². The average Bonchev–Trinajstić information content (AvgIpc) is 2.39. The van der Waals surface area contributed by atoms with Crippen molar-refractivity contribution in [1.82, 2.24) is 10.2 Å². The summed E-state index contributed by atoms with van der Waals surface area (Å²) in [5.41, 5.74) is -1.06. The molecule has 1 amide bonds. The van der Waals surface area contributed by atoms with Gasteiger partial charge < -0.3 is 20.1 Å². The lowest BCUT2D eigenvalue weighted by atomic mass is 9.85. The van der Waals surface area contributed by atoms with E-state index < -0.39 is 17.1 Å². The Labute approximate surface area is 137 Å². The van der Waals surface area contributed by atoms with Gasteiger partial charge >= 0.3 is 12.1 Å². The lowest BCUT2D eigenvalue weighted by Crippen LogP contribution is -2.71. The molecule has 0 aromatic heterocycles. The van der Waals surface area contributed by atoms with E-state index in [-0.39, 0.29) is 12.5 Å². The van der Waals surface area contributed by atoms with Crippen molar-refractivity contribution in [2.24, 2.45) is 5.92 Å². The zero-order chi connectivity index (χ0) is 17.1. The quantitative estimate of drug-likeness (QED) is 0.759. The number of hydrogen-bond acceptors (Lipinski definition) is 4. The fraction of sp³-hybridized carbons (Fsp3) is 0.765. The zero-order valence-corrected chi connectivity index (χ0v) is 14.3. The van der Waals surface area contributed by atoms with Crippen molar-refractivity contribution >= 4 is 12.1 Å². The average molecular weight is 324 g/mol. The smallest absolute Gasteiger partial charge is 0.410 e. The normalized spacial score (nSPS) is 23.3. The number of carbonyl (C=O) groups is 2. The number of nitrogens with zero attached hydrogens (tertiary/aromatic N) is 1. The Morgan fingerprint density at radius 2 is 2.04 bits per heavy atom. The second kappa shape index (κ2) is 6.91. The van der Waals surface area contributed by atoms with Crippen LogP contribution in [0.15, 0.2) is 12.2 Å². The van der Waals surface area contributed by atoms with Crippen molar-refractivity contribution in [3.8, 4) is 0 Å². The molecule has 2 N–H and O–H groups in total. The SMILES string of the molecule is CC(C)(C)OC(=O)N1CC(CC(=O)O)(NCC2CC=CCC2)C1. The Morgan fingerprint density at radius 3 is 2.57 bits per heavy atom. The Morgan fingerprint density at radius 1 is 1.35 bits per heavy atom. The van der Waals surface area contributed by atoms with E-state index >= 15 is 0 Å². The number of aliphatic carboxylic acids is 1. The maximum absolute atomic E-state index is 12.0. The molecule has 6 heteroatoms. The number of carboxylic acids is 1. The molecule has 1 unspecified atom stereocenters. The van der Waals surface area contributed by atoms with Gasteiger partial charge in [-0.3, -0.25) is 4.79 Å². The first-order valence-corrected chi connectivity index (χ1v) is 8.29. The highest BCUT2D eigenvalue weighted by molar-refractivity contribution is 5.73. The second-order valence-corrected chi connectivity index (χ2v) is 7.72. The van der Waals surface area contributed by atoms with Gasteiger partial charge in [0.25, 0.3) is 0 Å². The summed E-state index contributed by atoms with van der Waals surface area (Å²) in [5, 5.41) is 12.6. The molecule has 1 heterocycles. The highest BCUT2D eigenvalue weighted by Crippen LogP contribution is 2.28. The van der Waals surface area contributed by atoms with E-state index in [1.54, 1.807) is 4.90 Å². The van der Waals surface area contributed by atoms with Gasteiger partial charge in [0.1, 0.15) is 5.60 Å². The van der Waals surface area contributed by atoms with Gasteiger partial charge in [0.05, 0.1) is 12.0 Å². The maximum atomic E-state index is 12.0. The van der Waals surface area contributed by atoms with Crippen molar-refractivity contribution in [2.75, 3.05) is 19.6 Å². The van der Waals surface area contributed by atoms with Crippen molar-refractivity contribution in [1.29, 1.82) is 0 Å². The first-order valence-electron chi connectivity index (χ1n) is 8.29. The van der Waals surface area contributed by atoms with Crippen LogP contribution in [0.3, 0.4) is 0 Å². The molecule has 1 aliphatic carbocycles. The third-order valence-corrected chi connectivity index (χ3v) is 4.27. The standard InChI is InChI=1S/C17H28N2O4/c1-16(2,3)23-15(22)19-11-17(12-19,9-14(20)21)18-10-13-7-5-4-6-8-13/h4-5,13,18H,6-12H2,1-3H3,(H,20,21). The summed E-state index contributed by atoms with van der Waals surface area (Å²) in [6.07, 6.45) is 7.27. The highest BCUT2D eigenvalue weighted by Gasteiger charge is 2.47. The van der Waals surface area contributed by atoms with Gasteiger partial charge in [0.2, 0.25) is 0 Å². The first-order chi connectivity index (χ1) is 10.7. The molecule has 0 spiro atoms. The van der Waals surface area contributed by atoms with Crippen LogP contribution in [0, 0.1) is 5.92 Å². The number of likely N-dealkylation sites (tertiary alicyclic amines) is 1. The molecular formula is C17H28N2O4. The summed E-state index contributed by atoms with van der Waals surface area (Å²) in [7, 11) is 0. The third kappa shape index (κ3) is 5.23. The predicted octanol–water partition coefficient (Wildman–Crippen LogP) is 2.40. The van der Waals surface area contributed by atoms with Crippen LogP contribution in [-0.4, -0.2) is 52.8 Å². The Hall–Kier alpha value is -1.56. The number of allylic oxidation sites excluding steroid dienone is 2. The molecular weight excluding hydrogens is 296 g/mol. The molecule has 0 radical (unpaired) electrons. The largest absolute Gasteiger partial charge is 0.481 e. The topological polar surface area (TPSA) is 78.9 Å². The Kier molecular flexibility index (Phi) is 5.34. The molecule has 1 atom stereocenters. The molecule has 0 aromatic carbocycles. The van der Waals surface area contributed by atoms with Gasteiger partial charge in [-0.2, -0.15) is 0 Å². The third-order valence-electron chi connectivity index (χ3n) is 4.27. The minimum Gasteiger partial charge on any atom is -0.481 e. The van der Waals surface area contributed by atoms with Crippen molar-refractivity contribution in [3.05, 3.63) is 12.2 Å². The molecule has 0 bridgehead atoms. The number of amides is 1. The fourth-order valence-corrected chi connectivity index (χ4v) is 3.12. The highest BCUT2D eigenvalue weighted by atomic mass is 16.6. The molecule has 6 nitrogen and oxygen atoms in total. The van der Waals surface area contributed by atoms with Crippen LogP contribution < -0.4 is 5.32 Å². The molecule has 1 fully saturated rings. The van der Waals surface area contributed by atoms with Crippen molar-refractivity contribution in [2.45, 2.75) is 57.6 Å². The molecule has 0 aromatic rings. The van der Waals surface area contributed by atoms with E-state index in [1.165, 1.54) is 0 Å². The second-order valence-electron chi connectivity index (χ2n) is 7.72. The van der Waals surface area contributed by atoms with E-state index in [1.807, 2.05) is 20.8 Å². The van der Waals surface area contributed by atoms with Gasteiger partial charge in [-0.1, -0.05) is 12.2 Å². The molecule has 130 valence electrons. The van der Waals surface area contributed by atoms with Crippen LogP contribution in [0.5, 0.6) is 0 Å². The molecule has 0 saturated carbocycles. The number of carboxylic acid groups (broad SMARTS) is 1. The number of ether oxygens (including phenoxy) is 1. The number of nitrogens with one attached hydrogen (secondary N) is 1. The molecule has 1 saturated heterocycles. The fourth-order valence-electron chi connectivity index (χ4n) is 3.12. The molecule has 2 aliphatic rings. The summed E-state index contributed by atoms with van der Waals surface area (Å²) in [6, 6.07) is 0. The lowest BCUT2D eigenvalue weighted by molar-refractivity contribution is -0.141. The zero-order valence-electron chi connectivity index (χ0n) is 14.3. The molecule has 1 aliphatic heterocycles. The van der Waals surface area contributed by atoms with E-state index in [4.69, 9.17) is 4.74 Å². The number of hydrogen-bond donors (Lipinski definition) is 2. The maximum Gasteiger partial charge on any atom is 0.410 e. The van der Waals surface area contributed by atoms with E-state index in [2.05, 4.69) is 17.5 Å².